The minimum Gasteiger partial charge on any atom is -0.480 e. The Morgan fingerprint density at radius 1 is 1.13 bits per heavy atom. The molecule has 3 heterocycles. The first kappa shape index (κ1) is 40.1. The molecular formula is C37H44FN6O9P. The van der Waals surface area contributed by atoms with E-state index in [9.17, 15) is 23.7 Å². The first-order valence-electron chi connectivity index (χ1n) is 17.7. The minimum atomic E-state index is -4.62. The minimum absolute atomic E-state index is 0.0239. The fourth-order valence-electron chi connectivity index (χ4n) is 6.00. The van der Waals surface area contributed by atoms with Gasteiger partial charge in [-0.3, -0.25) is 13.9 Å². The molecule has 1 aliphatic heterocycles. The van der Waals surface area contributed by atoms with Crippen molar-refractivity contribution in [1.82, 2.24) is 24.6 Å². The second-order valence-corrected chi connectivity index (χ2v) is 14.5. The van der Waals surface area contributed by atoms with Gasteiger partial charge in [0, 0.05) is 6.42 Å². The van der Waals surface area contributed by atoms with Crippen LogP contribution in [0.1, 0.15) is 70.6 Å². The second kappa shape index (κ2) is 18.3. The summed E-state index contributed by atoms with van der Waals surface area (Å²) in [5.74, 6) is 1.07. The number of ether oxygens (including phenoxy) is 3. The Kier molecular flexibility index (Phi) is 13.6. The molecule has 1 fully saturated rings. The number of carboxylic acid groups (broad SMARTS) is 1. The highest BCUT2D eigenvalue weighted by molar-refractivity contribution is 7.52. The Hall–Kier alpha value is -5.07. The summed E-state index contributed by atoms with van der Waals surface area (Å²) in [4.78, 5) is 37.4. The van der Waals surface area contributed by atoms with Crippen molar-refractivity contribution in [3.8, 4) is 18.1 Å². The average molecular weight is 767 g/mol. The number of fused-ring (bicyclic) bond motifs is 1. The topological polar surface area (TPSA) is 199 Å². The van der Waals surface area contributed by atoms with Crippen LogP contribution in [0.25, 0.3) is 11.2 Å². The van der Waals surface area contributed by atoms with Crippen molar-refractivity contribution in [2.45, 2.75) is 95.3 Å². The van der Waals surface area contributed by atoms with Gasteiger partial charge in [-0.05, 0) is 37.0 Å². The molecule has 0 radical (unpaired) electrons. The SMILES string of the molecule is C#C[C@]1(CO[P@@](=O)(NC(Cc2ccccc2)C(=O)O)Oc2ccccc2)O[C@@H](n2cnc3c(N)nc(F)nc32)C[C@@H]1OC(=O)OC(CCCC)CCCC. The van der Waals surface area contributed by atoms with Gasteiger partial charge in [0.2, 0.25) is 0 Å². The number of nitrogen functional groups attached to an aromatic ring is 1. The number of terminal acetylenes is 1. The van der Waals surface area contributed by atoms with E-state index >= 15 is 0 Å². The molecule has 288 valence electrons. The van der Waals surface area contributed by atoms with Crippen molar-refractivity contribution in [1.29, 1.82) is 0 Å². The summed E-state index contributed by atoms with van der Waals surface area (Å²) >= 11 is 0. The summed E-state index contributed by atoms with van der Waals surface area (Å²) in [6.45, 7) is 3.33. The number of carbonyl (C=O) groups excluding carboxylic acids is 1. The summed E-state index contributed by atoms with van der Waals surface area (Å²) in [7, 11) is -4.62. The van der Waals surface area contributed by atoms with E-state index in [1.54, 1.807) is 48.5 Å². The number of nitrogens with two attached hydrogens (primary N) is 1. The smallest absolute Gasteiger partial charge is 0.480 e. The first-order chi connectivity index (χ1) is 26.0. The first-order valence-corrected chi connectivity index (χ1v) is 19.2. The number of hydrogen-bond donors (Lipinski definition) is 3. The van der Waals surface area contributed by atoms with Gasteiger partial charge in [0.15, 0.2) is 28.7 Å². The lowest BCUT2D eigenvalue weighted by Crippen LogP contribution is -2.46. The van der Waals surface area contributed by atoms with E-state index in [1.807, 2.05) is 13.8 Å². The van der Waals surface area contributed by atoms with Crippen LogP contribution in [-0.4, -0.2) is 67.2 Å². The highest BCUT2D eigenvalue weighted by atomic mass is 31.2. The van der Waals surface area contributed by atoms with Crippen LogP contribution in [0, 0.1) is 18.4 Å². The number of nitrogens with zero attached hydrogens (tertiary/aromatic N) is 4. The zero-order valence-corrected chi connectivity index (χ0v) is 30.9. The third-order valence-electron chi connectivity index (χ3n) is 8.83. The Morgan fingerprint density at radius 3 is 2.43 bits per heavy atom. The highest BCUT2D eigenvalue weighted by Gasteiger charge is 2.53. The monoisotopic (exact) mass is 766 g/mol. The number of anilines is 1. The van der Waals surface area contributed by atoms with E-state index in [0.717, 1.165) is 25.7 Å². The number of nitrogens with one attached hydrogen (secondary N) is 1. The number of para-hydroxylation sites is 1. The lowest BCUT2D eigenvalue weighted by atomic mass is 9.99. The Labute approximate surface area is 312 Å². The number of hydrogen-bond acceptors (Lipinski definition) is 12. The lowest BCUT2D eigenvalue weighted by Gasteiger charge is -2.31. The van der Waals surface area contributed by atoms with Crippen LogP contribution in [0.15, 0.2) is 67.0 Å². The van der Waals surface area contributed by atoms with Gasteiger partial charge in [0.1, 0.15) is 30.7 Å². The molecule has 1 aliphatic rings. The van der Waals surface area contributed by atoms with Crippen molar-refractivity contribution >= 4 is 36.9 Å². The predicted octanol–water partition coefficient (Wildman–Crippen LogP) is 6.60. The van der Waals surface area contributed by atoms with Crippen molar-refractivity contribution in [3.63, 3.8) is 0 Å². The molecule has 4 N–H and O–H groups in total. The summed E-state index contributed by atoms with van der Waals surface area (Å²) in [5, 5.41) is 12.7. The number of halogens is 1. The largest absolute Gasteiger partial charge is 0.508 e. The van der Waals surface area contributed by atoms with Crippen LogP contribution in [0.5, 0.6) is 5.75 Å². The normalized spacial score (nSPS) is 19.9. The maximum atomic E-state index is 14.6. The van der Waals surface area contributed by atoms with E-state index in [4.69, 9.17) is 35.4 Å². The van der Waals surface area contributed by atoms with Crippen LogP contribution in [-0.2, 0) is 34.5 Å². The summed E-state index contributed by atoms with van der Waals surface area (Å²) < 4.78 is 60.0. The van der Waals surface area contributed by atoms with Crippen LogP contribution >= 0.6 is 7.75 Å². The van der Waals surface area contributed by atoms with Crippen molar-refractivity contribution in [3.05, 3.63) is 78.6 Å². The number of imidazole rings is 1. The van der Waals surface area contributed by atoms with Crippen LogP contribution in [0.4, 0.5) is 15.0 Å². The summed E-state index contributed by atoms with van der Waals surface area (Å²) in [6.07, 6.45) is 6.99. The molecule has 1 unspecified atom stereocenters. The third kappa shape index (κ3) is 10.1. The molecule has 0 saturated carbocycles. The zero-order valence-electron chi connectivity index (χ0n) is 30.0. The van der Waals surface area contributed by atoms with Gasteiger partial charge in [-0.2, -0.15) is 19.4 Å². The van der Waals surface area contributed by atoms with Crippen molar-refractivity contribution < 1.29 is 46.9 Å². The molecule has 54 heavy (non-hydrogen) atoms. The summed E-state index contributed by atoms with van der Waals surface area (Å²) in [6, 6.07) is 15.3. The molecule has 0 spiro atoms. The van der Waals surface area contributed by atoms with E-state index in [2.05, 4.69) is 26.0 Å². The average Bonchev–Trinajstić information content (AvgIpc) is 3.74. The number of benzene rings is 2. The molecule has 17 heteroatoms. The second-order valence-electron chi connectivity index (χ2n) is 12.8. The molecule has 5 atom stereocenters. The summed E-state index contributed by atoms with van der Waals surface area (Å²) in [5.41, 5.74) is 4.61. The molecule has 4 aromatic rings. The van der Waals surface area contributed by atoms with Crippen LogP contribution < -0.4 is 15.3 Å². The van der Waals surface area contributed by atoms with Gasteiger partial charge in [-0.15, -0.1) is 6.42 Å². The van der Waals surface area contributed by atoms with E-state index in [1.165, 1.54) is 23.0 Å². The van der Waals surface area contributed by atoms with Gasteiger partial charge >= 0.3 is 25.9 Å². The van der Waals surface area contributed by atoms with Gasteiger partial charge in [-0.1, -0.05) is 94.0 Å². The number of carbonyl (C=O) groups is 2. The number of rotatable bonds is 19. The number of carboxylic acids is 1. The van der Waals surface area contributed by atoms with E-state index in [0.29, 0.717) is 18.4 Å². The molecule has 1 saturated heterocycles. The van der Waals surface area contributed by atoms with Gasteiger partial charge in [-0.25, -0.2) is 14.3 Å². The standard InChI is InChI=1S/C37H44FN6O9P/c1-4-7-17-26(18-8-5-2)50-36(47)51-29-22-30(44-24-40-31-32(39)41-35(38)42-33(31)44)52-37(29,6-3)23-49-54(48,53-27-19-13-10-14-20-27)43-28(34(45)46)21-25-15-11-9-12-16-25/h3,9-16,19-20,24,26,28-30H,4-5,7-8,17-18,21-23H2,1-2H3,(H,43,48)(H,45,46)(H2,39,41,42)/t28?,29-,30+,37+,54-/m0/s1. The molecule has 0 amide bonds. The highest BCUT2D eigenvalue weighted by Crippen LogP contribution is 2.48. The van der Waals surface area contributed by atoms with Crippen molar-refractivity contribution in [2.24, 2.45) is 0 Å². The molecule has 5 rings (SSSR count). The van der Waals surface area contributed by atoms with Crippen LogP contribution in [0.2, 0.25) is 0 Å². The Bertz CT molecular complexity index is 1960. The lowest BCUT2D eigenvalue weighted by molar-refractivity contribution is -0.139. The fraction of sp³-hybridized carbons (Fsp3) is 0.432. The Morgan fingerprint density at radius 2 is 1.80 bits per heavy atom. The quantitative estimate of drug-likeness (QED) is 0.0399. The molecule has 0 aliphatic carbocycles. The fourth-order valence-corrected chi connectivity index (χ4v) is 7.52. The predicted molar refractivity (Wildman–Crippen MR) is 196 cm³/mol. The number of aliphatic carboxylic acids is 1. The maximum Gasteiger partial charge on any atom is 0.508 e. The molecule has 0 bridgehead atoms. The molecular weight excluding hydrogens is 722 g/mol. The molecule has 15 nitrogen and oxygen atoms in total. The molecule has 2 aromatic carbocycles. The number of unbranched alkanes of at least 4 members (excludes halogenated alkanes) is 2. The van der Waals surface area contributed by atoms with Gasteiger partial charge in [0.05, 0.1) is 6.33 Å². The molecule has 2 aromatic heterocycles. The van der Waals surface area contributed by atoms with E-state index < -0.39 is 62.6 Å². The number of aromatic nitrogens is 4. The van der Waals surface area contributed by atoms with Gasteiger partial charge < -0.3 is 29.6 Å². The van der Waals surface area contributed by atoms with E-state index in [-0.39, 0.29) is 35.6 Å². The third-order valence-corrected chi connectivity index (χ3v) is 10.4. The Balaban J connectivity index is 1.47. The van der Waals surface area contributed by atoms with Crippen molar-refractivity contribution in [2.75, 3.05) is 12.3 Å². The van der Waals surface area contributed by atoms with Crippen LogP contribution in [0.3, 0.4) is 0 Å². The zero-order chi connectivity index (χ0) is 38.7. The van der Waals surface area contributed by atoms with Gasteiger partial charge in [0.25, 0.3) is 0 Å². The maximum absolute atomic E-state index is 14.6.